The molecule has 2 rings (SSSR count). The first-order valence-corrected chi connectivity index (χ1v) is 6.52. The normalized spacial score (nSPS) is 10.3. The maximum absolute atomic E-state index is 12.3. The standard InChI is InChI=1S/C14H12BrN3O/c1-8-6-11(15)4-5-13(8)18-14(19)9(2)12(7-16)10(3)17-18/h4-6H,1-3H3. The second kappa shape index (κ2) is 4.98. The summed E-state index contributed by atoms with van der Waals surface area (Å²) in [6, 6.07) is 7.64. The number of nitrogens with zero attached hydrogens (tertiary/aromatic N) is 3. The van der Waals surface area contributed by atoms with Crippen molar-refractivity contribution in [1.82, 2.24) is 9.78 Å². The molecular weight excluding hydrogens is 306 g/mol. The van der Waals surface area contributed by atoms with Gasteiger partial charge < -0.3 is 0 Å². The summed E-state index contributed by atoms with van der Waals surface area (Å²) >= 11 is 3.39. The van der Waals surface area contributed by atoms with Crippen LogP contribution in [0.4, 0.5) is 0 Å². The Morgan fingerprint density at radius 3 is 2.58 bits per heavy atom. The summed E-state index contributed by atoms with van der Waals surface area (Å²) < 4.78 is 2.30. The first-order valence-electron chi connectivity index (χ1n) is 5.73. The fourth-order valence-electron chi connectivity index (χ4n) is 1.97. The highest BCUT2D eigenvalue weighted by molar-refractivity contribution is 9.10. The van der Waals surface area contributed by atoms with Crippen molar-refractivity contribution < 1.29 is 0 Å². The molecule has 0 radical (unpaired) electrons. The summed E-state index contributed by atoms with van der Waals surface area (Å²) in [4.78, 5) is 12.3. The number of halogens is 1. The minimum Gasteiger partial charge on any atom is -0.267 e. The minimum atomic E-state index is -0.257. The van der Waals surface area contributed by atoms with E-state index in [1.807, 2.05) is 31.2 Å². The lowest BCUT2D eigenvalue weighted by atomic mass is 10.1. The third-order valence-electron chi connectivity index (χ3n) is 3.00. The van der Waals surface area contributed by atoms with E-state index in [9.17, 15) is 4.79 Å². The van der Waals surface area contributed by atoms with Crippen molar-refractivity contribution in [3.05, 3.63) is 55.4 Å². The van der Waals surface area contributed by atoms with E-state index >= 15 is 0 Å². The molecule has 0 N–H and O–H groups in total. The van der Waals surface area contributed by atoms with Gasteiger partial charge in [-0.15, -0.1) is 0 Å². The molecule has 96 valence electrons. The molecule has 0 bridgehead atoms. The Bertz CT molecular complexity index is 757. The molecule has 4 nitrogen and oxygen atoms in total. The van der Waals surface area contributed by atoms with Gasteiger partial charge in [-0.25, -0.2) is 0 Å². The Morgan fingerprint density at radius 1 is 1.32 bits per heavy atom. The molecule has 1 heterocycles. The molecule has 0 amide bonds. The van der Waals surface area contributed by atoms with Crippen molar-refractivity contribution in [1.29, 1.82) is 5.26 Å². The summed E-state index contributed by atoms with van der Waals surface area (Å²) in [5, 5.41) is 13.3. The molecule has 0 spiro atoms. The Balaban J connectivity index is 2.78. The lowest BCUT2D eigenvalue weighted by Gasteiger charge is -2.11. The van der Waals surface area contributed by atoms with E-state index in [-0.39, 0.29) is 5.56 Å². The van der Waals surface area contributed by atoms with E-state index < -0.39 is 0 Å². The third-order valence-corrected chi connectivity index (χ3v) is 3.49. The molecule has 5 heteroatoms. The van der Waals surface area contributed by atoms with Crippen molar-refractivity contribution in [3.63, 3.8) is 0 Å². The third kappa shape index (κ3) is 2.32. The van der Waals surface area contributed by atoms with E-state index in [2.05, 4.69) is 21.0 Å². The SMILES string of the molecule is Cc1cc(Br)ccc1-n1nc(C)c(C#N)c(C)c1=O. The van der Waals surface area contributed by atoms with Gasteiger partial charge in [0.1, 0.15) is 6.07 Å². The van der Waals surface area contributed by atoms with Crippen LogP contribution in [0.25, 0.3) is 5.69 Å². The first-order chi connectivity index (χ1) is 8.95. The molecule has 0 atom stereocenters. The maximum Gasteiger partial charge on any atom is 0.275 e. The fraction of sp³-hybridized carbons (Fsp3) is 0.214. The van der Waals surface area contributed by atoms with Gasteiger partial charge in [0, 0.05) is 10.0 Å². The van der Waals surface area contributed by atoms with Gasteiger partial charge in [0.25, 0.3) is 5.56 Å². The summed E-state index contributed by atoms with van der Waals surface area (Å²) in [7, 11) is 0. The highest BCUT2D eigenvalue weighted by Crippen LogP contribution is 2.18. The average Bonchev–Trinajstić information content (AvgIpc) is 2.35. The molecular formula is C14H12BrN3O. The van der Waals surface area contributed by atoms with Gasteiger partial charge in [0.15, 0.2) is 0 Å². The number of hydrogen-bond acceptors (Lipinski definition) is 3. The van der Waals surface area contributed by atoms with E-state index in [0.29, 0.717) is 16.8 Å². The number of benzene rings is 1. The van der Waals surface area contributed by atoms with Gasteiger partial charge in [-0.3, -0.25) is 4.79 Å². The Labute approximate surface area is 119 Å². The smallest absolute Gasteiger partial charge is 0.267 e. The maximum atomic E-state index is 12.3. The first kappa shape index (κ1) is 13.5. The van der Waals surface area contributed by atoms with Gasteiger partial charge in [-0.2, -0.15) is 15.0 Å². The molecule has 0 saturated carbocycles. The molecule has 0 fully saturated rings. The number of hydrogen-bond donors (Lipinski definition) is 0. The van der Waals surface area contributed by atoms with Crippen LogP contribution in [0.5, 0.6) is 0 Å². The zero-order valence-electron chi connectivity index (χ0n) is 10.9. The van der Waals surface area contributed by atoms with Gasteiger partial charge >= 0.3 is 0 Å². The predicted molar refractivity (Wildman–Crippen MR) is 76.5 cm³/mol. The molecule has 0 unspecified atom stereocenters. The van der Waals surface area contributed by atoms with Crippen LogP contribution >= 0.6 is 15.9 Å². The molecule has 1 aromatic carbocycles. The van der Waals surface area contributed by atoms with Gasteiger partial charge in [0.05, 0.1) is 16.9 Å². The zero-order valence-corrected chi connectivity index (χ0v) is 12.4. The van der Waals surface area contributed by atoms with Crippen LogP contribution in [0.1, 0.15) is 22.4 Å². The predicted octanol–water partition coefficient (Wildman–Crippen LogP) is 2.79. The Morgan fingerprint density at radius 2 is 2.00 bits per heavy atom. The van der Waals surface area contributed by atoms with Crippen molar-refractivity contribution in [2.75, 3.05) is 0 Å². The summed E-state index contributed by atoms with van der Waals surface area (Å²) in [5.74, 6) is 0. The zero-order chi connectivity index (χ0) is 14.2. The van der Waals surface area contributed by atoms with Gasteiger partial charge in [-0.1, -0.05) is 15.9 Å². The lowest BCUT2D eigenvalue weighted by molar-refractivity contribution is 0.767. The van der Waals surface area contributed by atoms with Gasteiger partial charge in [0.2, 0.25) is 0 Å². The van der Waals surface area contributed by atoms with Crippen LogP contribution in [0.3, 0.4) is 0 Å². The summed E-state index contributed by atoms with van der Waals surface area (Å²) in [6.07, 6.45) is 0. The molecule has 1 aromatic heterocycles. The molecule has 19 heavy (non-hydrogen) atoms. The Kier molecular flexibility index (Phi) is 3.54. The van der Waals surface area contributed by atoms with E-state index in [4.69, 9.17) is 5.26 Å². The second-order valence-electron chi connectivity index (χ2n) is 4.34. The van der Waals surface area contributed by atoms with Gasteiger partial charge in [-0.05, 0) is 44.5 Å². The van der Waals surface area contributed by atoms with Crippen LogP contribution in [0.2, 0.25) is 0 Å². The quantitative estimate of drug-likeness (QED) is 0.812. The second-order valence-corrected chi connectivity index (χ2v) is 5.26. The van der Waals surface area contributed by atoms with Crippen LogP contribution < -0.4 is 5.56 Å². The van der Waals surface area contributed by atoms with Crippen LogP contribution in [0.15, 0.2) is 27.5 Å². The number of aromatic nitrogens is 2. The minimum absolute atomic E-state index is 0.257. The van der Waals surface area contributed by atoms with Crippen molar-refractivity contribution >= 4 is 15.9 Å². The summed E-state index contributed by atoms with van der Waals surface area (Å²) in [6.45, 7) is 5.30. The van der Waals surface area contributed by atoms with Crippen LogP contribution in [-0.2, 0) is 0 Å². The molecule has 0 saturated heterocycles. The lowest BCUT2D eigenvalue weighted by Crippen LogP contribution is -2.26. The molecule has 0 aliphatic rings. The highest BCUT2D eigenvalue weighted by Gasteiger charge is 2.13. The molecule has 0 aliphatic heterocycles. The topological polar surface area (TPSA) is 58.7 Å². The molecule has 2 aromatic rings. The largest absolute Gasteiger partial charge is 0.275 e. The van der Waals surface area contributed by atoms with Crippen molar-refractivity contribution in [2.24, 2.45) is 0 Å². The highest BCUT2D eigenvalue weighted by atomic mass is 79.9. The number of aryl methyl sites for hydroxylation is 2. The summed E-state index contributed by atoms with van der Waals surface area (Å²) in [5.41, 5.74) is 2.75. The van der Waals surface area contributed by atoms with Crippen LogP contribution in [0, 0.1) is 32.1 Å². The molecule has 0 aliphatic carbocycles. The van der Waals surface area contributed by atoms with Crippen molar-refractivity contribution in [2.45, 2.75) is 20.8 Å². The number of nitriles is 1. The Hall–Kier alpha value is -1.93. The fourth-order valence-corrected chi connectivity index (χ4v) is 2.44. The monoisotopic (exact) mass is 317 g/mol. The number of rotatable bonds is 1. The van der Waals surface area contributed by atoms with Crippen LogP contribution in [-0.4, -0.2) is 9.78 Å². The van der Waals surface area contributed by atoms with E-state index in [0.717, 1.165) is 15.7 Å². The van der Waals surface area contributed by atoms with Crippen molar-refractivity contribution in [3.8, 4) is 11.8 Å². The van der Waals surface area contributed by atoms with E-state index in [1.165, 1.54) is 4.68 Å². The average molecular weight is 318 g/mol. The van der Waals surface area contributed by atoms with E-state index in [1.54, 1.807) is 13.8 Å².